The second-order valence-electron chi connectivity index (χ2n) is 4.90. The van der Waals surface area contributed by atoms with Gasteiger partial charge in [-0.15, -0.1) is 0 Å². The number of nitrogens with one attached hydrogen (secondary N) is 2. The molecule has 19 heavy (non-hydrogen) atoms. The molecule has 0 spiro atoms. The number of carbonyl (C=O) groups is 1. The Morgan fingerprint density at radius 1 is 1.47 bits per heavy atom. The van der Waals surface area contributed by atoms with Crippen molar-refractivity contribution in [2.45, 2.75) is 25.4 Å². The molecule has 100 valence electrons. The lowest BCUT2D eigenvalue weighted by Crippen LogP contribution is -2.39. The Hall–Kier alpha value is -2.01. The average molecular weight is 260 g/mol. The molecule has 0 bridgehead atoms. The maximum atomic E-state index is 11.8. The Morgan fingerprint density at radius 2 is 2.26 bits per heavy atom. The Bertz CT molecular complexity index is 647. The maximum absolute atomic E-state index is 11.8. The summed E-state index contributed by atoms with van der Waals surface area (Å²) >= 11 is 0. The lowest BCUT2D eigenvalue weighted by atomic mass is 10.0. The predicted molar refractivity (Wildman–Crippen MR) is 71.0 cm³/mol. The van der Waals surface area contributed by atoms with E-state index in [1.54, 1.807) is 6.07 Å². The third-order valence-corrected chi connectivity index (χ3v) is 3.74. The first kappa shape index (κ1) is 12.0. The highest BCUT2D eigenvalue weighted by Gasteiger charge is 2.29. The number of ether oxygens (including phenoxy) is 1. The highest BCUT2D eigenvalue weighted by Crippen LogP contribution is 2.37. The van der Waals surface area contributed by atoms with Crippen LogP contribution in [-0.2, 0) is 16.0 Å². The standard InChI is InChI=1S/C14H16N2O3/c1-7-12-11(17)4-3-9-13(12)8(6-15-9)5-10(16-7)14(18)19-2/h3-4,6-7,10,15-17H,5H2,1-2H3/t7-,10+/m1/s1. The summed E-state index contributed by atoms with van der Waals surface area (Å²) in [6.07, 6.45) is 2.44. The second-order valence-corrected chi connectivity index (χ2v) is 4.90. The normalized spacial score (nSPS) is 22.2. The monoisotopic (exact) mass is 260 g/mol. The third kappa shape index (κ3) is 1.77. The Balaban J connectivity index is 2.18. The number of benzene rings is 1. The molecule has 5 nitrogen and oxygen atoms in total. The highest BCUT2D eigenvalue weighted by atomic mass is 16.5. The van der Waals surface area contributed by atoms with E-state index in [0.29, 0.717) is 6.42 Å². The molecule has 5 heteroatoms. The maximum Gasteiger partial charge on any atom is 0.323 e. The van der Waals surface area contributed by atoms with Gasteiger partial charge in [0.15, 0.2) is 0 Å². The summed E-state index contributed by atoms with van der Waals surface area (Å²) in [6, 6.07) is 3.01. The number of hydrogen-bond acceptors (Lipinski definition) is 4. The molecule has 2 aromatic rings. The molecule has 0 aliphatic carbocycles. The first-order valence-electron chi connectivity index (χ1n) is 6.27. The van der Waals surface area contributed by atoms with Crippen LogP contribution >= 0.6 is 0 Å². The van der Waals surface area contributed by atoms with Crippen LogP contribution in [0.2, 0.25) is 0 Å². The summed E-state index contributed by atoms with van der Waals surface area (Å²) in [5.74, 6) is -0.0349. The summed E-state index contributed by atoms with van der Waals surface area (Å²) < 4.78 is 4.82. The van der Waals surface area contributed by atoms with Crippen LogP contribution in [0.4, 0.5) is 0 Å². The molecule has 0 radical (unpaired) electrons. The van der Waals surface area contributed by atoms with Gasteiger partial charge < -0.3 is 14.8 Å². The van der Waals surface area contributed by atoms with Crippen LogP contribution in [0.3, 0.4) is 0 Å². The van der Waals surface area contributed by atoms with Gasteiger partial charge in [-0.3, -0.25) is 10.1 Å². The Morgan fingerprint density at radius 3 is 3.00 bits per heavy atom. The SMILES string of the molecule is COC(=O)[C@@H]1Cc2c[nH]c3ccc(O)c(c23)[C@@H](C)N1. The van der Waals surface area contributed by atoms with Gasteiger partial charge in [-0.1, -0.05) is 0 Å². The number of aromatic nitrogens is 1. The van der Waals surface area contributed by atoms with Gasteiger partial charge in [0.25, 0.3) is 0 Å². The Labute approximate surface area is 110 Å². The summed E-state index contributed by atoms with van der Waals surface area (Å²) in [7, 11) is 1.39. The van der Waals surface area contributed by atoms with E-state index in [-0.39, 0.29) is 17.8 Å². The molecule has 3 N–H and O–H groups in total. The van der Waals surface area contributed by atoms with E-state index >= 15 is 0 Å². The van der Waals surface area contributed by atoms with E-state index in [2.05, 4.69) is 10.3 Å². The molecule has 1 aromatic heterocycles. The lowest BCUT2D eigenvalue weighted by Gasteiger charge is -2.19. The molecule has 1 aromatic carbocycles. The summed E-state index contributed by atoms with van der Waals surface area (Å²) in [5, 5.41) is 14.3. The van der Waals surface area contributed by atoms with Crippen molar-refractivity contribution >= 4 is 16.9 Å². The number of phenolic OH excluding ortho intramolecular Hbond substituents is 1. The molecule has 0 unspecified atom stereocenters. The van der Waals surface area contributed by atoms with Gasteiger partial charge in [-0.2, -0.15) is 0 Å². The fraction of sp³-hybridized carbons (Fsp3) is 0.357. The molecule has 0 saturated carbocycles. The van der Waals surface area contributed by atoms with Crippen molar-refractivity contribution in [1.29, 1.82) is 0 Å². The van der Waals surface area contributed by atoms with Gasteiger partial charge in [0.05, 0.1) is 7.11 Å². The van der Waals surface area contributed by atoms with Gasteiger partial charge in [-0.05, 0) is 24.6 Å². The van der Waals surface area contributed by atoms with Crippen LogP contribution in [0.1, 0.15) is 24.1 Å². The minimum Gasteiger partial charge on any atom is -0.508 e. The zero-order valence-corrected chi connectivity index (χ0v) is 10.9. The summed E-state index contributed by atoms with van der Waals surface area (Å²) in [4.78, 5) is 15.0. The summed E-state index contributed by atoms with van der Waals surface area (Å²) in [5.41, 5.74) is 2.83. The van der Waals surface area contributed by atoms with E-state index in [4.69, 9.17) is 4.74 Å². The molecule has 2 atom stereocenters. The number of aromatic hydroxyl groups is 1. The van der Waals surface area contributed by atoms with Crippen LogP contribution in [0.25, 0.3) is 10.9 Å². The smallest absolute Gasteiger partial charge is 0.323 e. The lowest BCUT2D eigenvalue weighted by molar-refractivity contribution is -0.143. The molecular formula is C14H16N2O3. The van der Waals surface area contributed by atoms with Gasteiger partial charge in [0, 0.05) is 35.1 Å². The first-order chi connectivity index (χ1) is 9.11. The number of carbonyl (C=O) groups excluding carboxylic acids is 1. The molecule has 0 amide bonds. The molecule has 3 rings (SSSR count). The zero-order chi connectivity index (χ0) is 13.6. The fourth-order valence-corrected chi connectivity index (χ4v) is 2.87. The molecule has 0 fully saturated rings. The first-order valence-corrected chi connectivity index (χ1v) is 6.27. The van der Waals surface area contributed by atoms with Gasteiger partial charge in [0.2, 0.25) is 0 Å². The number of H-pyrrole nitrogens is 1. The van der Waals surface area contributed by atoms with Crippen LogP contribution in [0.5, 0.6) is 5.75 Å². The molecule has 1 aliphatic heterocycles. The highest BCUT2D eigenvalue weighted by molar-refractivity contribution is 5.90. The number of esters is 1. The van der Waals surface area contributed by atoms with Crippen molar-refractivity contribution in [2.75, 3.05) is 7.11 Å². The van der Waals surface area contributed by atoms with E-state index < -0.39 is 6.04 Å². The van der Waals surface area contributed by atoms with Crippen LogP contribution in [-0.4, -0.2) is 29.2 Å². The van der Waals surface area contributed by atoms with E-state index in [9.17, 15) is 9.90 Å². The van der Waals surface area contributed by atoms with Gasteiger partial charge in [-0.25, -0.2) is 0 Å². The van der Waals surface area contributed by atoms with Crippen molar-refractivity contribution < 1.29 is 14.6 Å². The zero-order valence-electron chi connectivity index (χ0n) is 10.9. The van der Waals surface area contributed by atoms with Crippen LogP contribution < -0.4 is 5.32 Å². The van der Waals surface area contributed by atoms with Crippen molar-refractivity contribution in [3.8, 4) is 5.75 Å². The quantitative estimate of drug-likeness (QED) is 0.681. The fourth-order valence-electron chi connectivity index (χ4n) is 2.87. The van der Waals surface area contributed by atoms with E-state index in [1.165, 1.54) is 7.11 Å². The van der Waals surface area contributed by atoms with Crippen molar-refractivity contribution in [2.24, 2.45) is 0 Å². The summed E-state index contributed by atoms with van der Waals surface area (Å²) in [6.45, 7) is 1.94. The van der Waals surface area contributed by atoms with Crippen LogP contribution in [0, 0.1) is 0 Å². The predicted octanol–water partition coefficient (Wildman–Crippen LogP) is 1.62. The number of hydrogen-bond donors (Lipinski definition) is 3. The number of methoxy groups -OCH3 is 1. The van der Waals surface area contributed by atoms with Crippen molar-refractivity contribution in [1.82, 2.24) is 10.3 Å². The third-order valence-electron chi connectivity index (χ3n) is 3.74. The molecule has 2 heterocycles. The minimum absolute atomic E-state index is 0.121. The number of aromatic amines is 1. The van der Waals surface area contributed by atoms with Crippen molar-refractivity contribution in [3.63, 3.8) is 0 Å². The van der Waals surface area contributed by atoms with E-state index in [0.717, 1.165) is 22.0 Å². The molecule has 1 aliphatic rings. The van der Waals surface area contributed by atoms with Crippen molar-refractivity contribution in [3.05, 3.63) is 29.5 Å². The van der Waals surface area contributed by atoms with Crippen LogP contribution in [0.15, 0.2) is 18.3 Å². The Kier molecular flexibility index (Phi) is 2.71. The second kappa shape index (κ2) is 4.28. The number of phenols is 1. The number of rotatable bonds is 1. The largest absolute Gasteiger partial charge is 0.508 e. The van der Waals surface area contributed by atoms with Gasteiger partial charge >= 0.3 is 5.97 Å². The molecule has 0 saturated heterocycles. The minimum atomic E-state index is -0.397. The topological polar surface area (TPSA) is 74.4 Å². The van der Waals surface area contributed by atoms with E-state index in [1.807, 2.05) is 19.2 Å². The molecular weight excluding hydrogens is 244 g/mol. The van der Waals surface area contributed by atoms with Gasteiger partial charge in [0.1, 0.15) is 11.8 Å². The average Bonchev–Trinajstić information content (AvgIpc) is 2.72.